The van der Waals surface area contributed by atoms with Crippen molar-refractivity contribution in [3.63, 3.8) is 0 Å². The highest BCUT2D eigenvalue weighted by Gasteiger charge is 2.28. The van der Waals surface area contributed by atoms with E-state index < -0.39 is 10.0 Å². The zero-order chi connectivity index (χ0) is 14.6. The normalized spacial score (nSPS) is 18.1. The average Bonchev–Trinajstić information content (AvgIpc) is 2.91. The predicted octanol–water partition coefficient (Wildman–Crippen LogP) is -0.260. The van der Waals surface area contributed by atoms with Crippen molar-refractivity contribution in [2.24, 2.45) is 5.92 Å². The number of carbonyl (C=O) groups is 1. The van der Waals surface area contributed by atoms with Crippen LogP contribution in [0, 0.1) is 5.92 Å². The highest BCUT2D eigenvalue weighted by Crippen LogP contribution is 2.19. The molecule has 0 aromatic carbocycles. The maximum absolute atomic E-state index is 12.0. The fourth-order valence-electron chi connectivity index (χ4n) is 2.34. The molecule has 1 aliphatic heterocycles. The molecule has 0 radical (unpaired) electrons. The van der Waals surface area contributed by atoms with Gasteiger partial charge in [-0.15, -0.1) is 0 Å². The highest BCUT2D eigenvalue weighted by atomic mass is 32.2. The molecule has 2 N–H and O–H groups in total. The summed E-state index contributed by atoms with van der Waals surface area (Å²) in [6.45, 7) is 1.42. The Morgan fingerprint density at radius 2 is 2.20 bits per heavy atom. The third-order valence-corrected chi connectivity index (χ3v) is 4.85. The van der Waals surface area contributed by atoms with E-state index in [-0.39, 0.29) is 11.8 Å². The molecule has 8 heteroatoms. The number of rotatable bonds is 5. The number of aromatic amines is 1. The SMILES string of the molecule is CS(=O)(=O)N1CCC(C(=O)NCCc2ccn[nH]2)CC1. The Morgan fingerprint density at radius 3 is 2.75 bits per heavy atom. The van der Waals surface area contributed by atoms with Crippen LogP contribution in [0.15, 0.2) is 12.3 Å². The van der Waals surface area contributed by atoms with Gasteiger partial charge in [-0.1, -0.05) is 0 Å². The molecular formula is C12H20N4O3S. The van der Waals surface area contributed by atoms with Gasteiger partial charge in [-0.05, 0) is 18.9 Å². The zero-order valence-corrected chi connectivity index (χ0v) is 12.3. The number of nitrogens with zero attached hydrogens (tertiary/aromatic N) is 2. The van der Waals surface area contributed by atoms with Crippen LogP contribution in [0.1, 0.15) is 18.5 Å². The van der Waals surface area contributed by atoms with Gasteiger partial charge in [0, 0.05) is 43.9 Å². The van der Waals surface area contributed by atoms with Gasteiger partial charge in [-0.3, -0.25) is 9.89 Å². The molecule has 2 heterocycles. The molecule has 1 amide bonds. The number of carbonyl (C=O) groups excluding carboxylic acids is 1. The van der Waals surface area contributed by atoms with Crippen molar-refractivity contribution in [1.82, 2.24) is 19.8 Å². The van der Waals surface area contributed by atoms with Crippen LogP contribution in [-0.4, -0.2) is 54.7 Å². The van der Waals surface area contributed by atoms with Gasteiger partial charge >= 0.3 is 0 Å². The standard InChI is InChI=1S/C12H20N4O3S/c1-20(18,19)16-8-4-10(5-9-16)12(17)13-6-2-11-3-7-14-15-11/h3,7,10H,2,4-6,8-9H2,1H3,(H,13,17)(H,14,15). The van der Waals surface area contributed by atoms with Gasteiger partial charge in [0.15, 0.2) is 0 Å². The smallest absolute Gasteiger partial charge is 0.223 e. The lowest BCUT2D eigenvalue weighted by molar-refractivity contribution is -0.126. The molecule has 0 saturated carbocycles. The number of hydrogen-bond acceptors (Lipinski definition) is 4. The summed E-state index contributed by atoms with van der Waals surface area (Å²) >= 11 is 0. The fourth-order valence-corrected chi connectivity index (χ4v) is 3.21. The van der Waals surface area contributed by atoms with Crippen molar-refractivity contribution in [3.05, 3.63) is 18.0 Å². The number of sulfonamides is 1. The first kappa shape index (κ1) is 15.0. The van der Waals surface area contributed by atoms with E-state index in [0.29, 0.717) is 38.9 Å². The van der Waals surface area contributed by atoms with Gasteiger partial charge in [0.1, 0.15) is 0 Å². The lowest BCUT2D eigenvalue weighted by atomic mass is 9.97. The maximum atomic E-state index is 12.0. The predicted molar refractivity (Wildman–Crippen MR) is 74.4 cm³/mol. The number of nitrogens with one attached hydrogen (secondary N) is 2. The lowest BCUT2D eigenvalue weighted by Gasteiger charge is -2.29. The zero-order valence-electron chi connectivity index (χ0n) is 11.5. The fraction of sp³-hybridized carbons (Fsp3) is 0.667. The molecule has 0 unspecified atom stereocenters. The van der Waals surface area contributed by atoms with Gasteiger partial charge in [-0.2, -0.15) is 5.10 Å². The molecule has 0 spiro atoms. The molecule has 1 saturated heterocycles. The second kappa shape index (κ2) is 6.36. The summed E-state index contributed by atoms with van der Waals surface area (Å²) in [6.07, 6.45) is 4.77. The van der Waals surface area contributed by atoms with E-state index in [1.54, 1.807) is 6.20 Å². The third kappa shape index (κ3) is 4.04. The summed E-state index contributed by atoms with van der Waals surface area (Å²) < 4.78 is 24.2. The topological polar surface area (TPSA) is 95.2 Å². The second-order valence-corrected chi connectivity index (χ2v) is 7.04. The molecule has 20 heavy (non-hydrogen) atoms. The van der Waals surface area contributed by atoms with Gasteiger partial charge in [0.25, 0.3) is 0 Å². The summed E-state index contributed by atoms with van der Waals surface area (Å²) in [5.74, 6) is -0.0765. The first-order valence-corrected chi connectivity index (χ1v) is 8.53. The first-order valence-electron chi connectivity index (χ1n) is 6.68. The van der Waals surface area contributed by atoms with Crippen LogP contribution >= 0.6 is 0 Å². The number of piperidine rings is 1. The quantitative estimate of drug-likeness (QED) is 0.783. The summed E-state index contributed by atoms with van der Waals surface area (Å²) in [6, 6.07) is 1.87. The number of aromatic nitrogens is 2. The van der Waals surface area contributed by atoms with Gasteiger partial charge in [0.05, 0.1) is 6.26 Å². The summed E-state index contributed by atoms with van der Waals surface area (Å²) in [5.41, 5.74) is 0.984. The third-order valence-electron chi connectivity index (χ3n) is 3.55. The van der Waals surface area contributed by atoms with Crippen molar-refractivity contribution in [1.29, 1.82) is 0 Å². The van der Waals surface area contributed by atoms with Gasteiger partial charge in [0.2, 0.25) is 15.9 Å². The summed E-state index contributed by atoms with van der Waals surface area (Å²) in [7, 11) is -3.13. The van der Waals surface area contributed by atoms with Crippen molar-refractivity contribution in [3.8, 4) is 0 Å². The van der Waals surface area contributed by atoms with E-state index in [1.165, 1.54) is 10.6 Å². The molecule has 0 aliphatic carbocycles. The maximum Gasteiger partial charge on any atom is 0.223 e. The molecule has 1 aliphatic rings. The Labute approximate surface area is 118 Å². The summed E-state index contributed by atoms with van der Waals surface area (Å²) in [5, 5.41) is 9.57. The van der Waals surface area contributed by atoms with E-state index in [9.17, 15) is 13.2 Å². The van der Waals surface area contributed by atoms with E-state index in [2.05, 4.69) is 15.5 Å². The molecule has 112 valence electrons. The van der Waals surface area contributed by atoms with Crippen LogP contribution in [0.5, 0.6) is 0 Å². The molecule has 2 rings (SSSR count). The Kier molecular flexibility index (Phi) is 4.77. The van der Waals surface area contributed by atoms with Crippen molar-refractivity contribution in [2.75, 3.05) is 25.9 Å². The van der Waals surface area contributed by atoms with Crippen molar-refractivity contribution >= 4 is 15.9 Å². The first-order chi connectivity index (χ1) is 9.47. The Morgan fingerprint density at radius 1 is 1.50 bits per heavy atom. The minimum absolute atomic E-state index is 0.0117. The Hall–Kier alpha value is -1.41. The lowest BCUT2D eigenvalue weighted by Crippen LogP contribution is -2.42. The highest BCUT2D eigenvalue weighted by molar-refractivity contribution is 7.88. The minimum atomic E-state index is -3.13. The molecule has 1 fully saturated rings. The van der Waals surface area contributed by atoms with Crippen LogP contribution in [0.3, 0.4) is 0 Å². The molecule has 7 nitrogen and oxygen atoms in total. The molecule has 0 bridgehead atoms. The summed E-state index contributed by atoms with van der Waals surface area (Å²) in [4.78, 5) is 12.0. The van der Waals surface area contributed by atoms with Crippen LogP contribution in [0.25, 0.3) is 0 Å². The monoisotopic (exact) mass is 300 g/mol. The average molecular weight is 300 g/mol. The van der Waals surface area contributed by atoms with Crippen LogP contribution in [0.2, 0.25) is 0 Å². The van der Waals surface area contributed by atoms with Crippen molar-refractivity contribution < 1.29 is 13.2 Å². The minimum Gasteiger partial charge on any atom is -0.355 e. The number of H-pyrrole nitrogens is 1. The van der Waals surface area contributed by atoms with Gasteiger partial charge in [-0.25, -0.2) is 12.7 Å². The number of hydrogen-bond donors (Lipinski definition) is 2. The van der Waals surface area contributed by atoms with E-state index >= 15 is 0 Å². The van der Waals surface area contributed by atoms with E-state index in [0.717, 1.165) is 5.69 Å². The van der Waals surface area contributed by atoms with Crippen LogP contribution < -0.4 is 5.32 Å². The largest absolute Gasteiger partial charge is 0.355 e. The Bertz CT molecular complexity index is 533. The van der Waals surface area contributed by atoms with E-state index in [1.807, 2.05) is 6.07 Å². The van der Waals surface area contributed by atoms with Crippen LogP contribution in [-0.2, 0) is 21.2 Å². The van der Waals surface area contributed by atoms with Crippen LogP contribution in [0.4, 0.5) is 0 Å². The number of amides is 1. The molecular weight excluding hydrogens is 280 g/mol. The van der Waals surface area contributed by atoms with Crippen molar-refractivity contribution in [2.45, 2.75) is 19.3 Å². The molecule has 1 aromatic rings. The molecule has 1 aromatic heterocycles. The van der Waals surface area contributed by atoms with E-state index in [4.69, 9.17) is 0 Å². The second-order valence-electron chi connectivity index (χ2n) is 5.06. The molecule has 0 atom stereocenters. The van der Waals surface area contributed by atoms with Gasteiger partial charge < -0.3 is 5.32 Å². The Balaban J connectivity index is 1.72.